The second-order valence-electron chi connectivity index (χ2n) is 4.72. The zero-order valence-electron chi connectivity index (χ0n) is 11.5. The Morgan fingerprint density at radius 2 is 2.05 bits per heavy atom. The van der Waals surface area contributed by atoms with Crippen molar-refractivity contribution in [2.75, 3.05) is 6.54 Å². The fraction of sp³-hybridized carbons (Fsp3) is 0.333. The molecule has 20 heavy (non-hydrogen) atoms. The van der Waals surface area contributed by atoms with E-state index in [0.29, 0.717) is 5.69 Å². The van der Waals surface area contributed by atoms with E-state index in [9.17, 15) is 9.90 Å². The van der Waals surface area contributed by atoms with E-state index in [4.69, 9.17) is 0 Å². The van der Waals surface area contributed by atoms with Crippen molar-refractivity contribution in [1.82, 2.24) is 4.98 Å². The van der Waals surface area contributed by atoms with Gasteiger partial charge in [0.25, 0.3) is 0 Å². The van der Waals surface area contributed by atoms with E-state index in [-0.39, 0.29) is 6.42 Å². The van der Waals surface area contributed by atoms with Crippen LogP contribution in [0, 0.1) is 0 Å². The zero-order valence-corrected chi connectivity index (χ0v) is 12.3. The Balaban J connectivity index is 1.96. The molecule has 0 spiro atoms. The van der Waals surface area contributed by atoms with Gasteiger partial charge < -0.3 is 14.8 Å². The van der Waals surface area contributed by atoms with Gasteiger partial charge in [0.05, 0.1) is 12.2 Å². The van der Waals surface area contributed by atoms with Crippen LogP contribution in [0.15, 0.2) is 35.7 Å². The predicted molar refractivity (Wildman–Crippen MR) is 76.2 cm³/mol. The van der Waals surface area contributed by atoms with E-state index in [2.05, 4.69) is 24.0 Å². The molecule has 0 fully saturated rings. The van der Waals surface area contributed by atoms with Gasteiger partial charge in [-0.05, 0) is 6.92 Å². The SMILES string of the molecule is CC[NH+](Cc1ccccc1)Cc1nc(CC(=O)[O-])cs1. The number of benzene rings is 1. The van der Waals surface area contributed by atoms with Gasteiger partial charge in [-0.25, -0.2) is 4.98 Å². The molecule has 1 aromatic carbocycles. The fourth-order valence-corrected chi connectivity index (χ4v) is 2.94. The second kappa shape index (κ2) is 7.17. The molecule has 2 rings (SSSR count). The molecule has 0 saturated carbocycles. The number of aliphatic carboxylic acids is 1. The Bertz CT molecular complexity index is 554. The highest BCUT2D eigenvalue weighted by Crippen LogP contribution is 2.09. The second-order valence-corrected chi connectivity index (χ2v) is 5.67. The van der Waals surface area contributed by atoms with Gasteiger partial charge in [0.1, 0.15) is 18.1 Å². The van der Waals surface area contributed by atoms with Gasteiger partial charge in [-0.1, -0.05) is 30.3 Å². The van der Waals surface area contributed by atoms with E-state index < -0.39 is 5.97 Å². The molecule has 4 nitrogen and oxygen atoms in total. The first-order valence-corrected chi connectivity index (χ1v) is 7.56. The summed E-state index contributed by atoms with van der Waals surface area (Å²) < 4.78 is 0. The largest absolute Gasteiger partial charge is 0.550 e. The monoisotopic (exact) mass is 290 g/mol. The third-order valence-electron chi connectivity index (χ3n) is 3.12. The topological polar surface area (TPSA) is 57.5 Å². The van der Waals surface area contributed by atoms with Gasteiger partial charge in [-0.3, -0.25) is 0 Å². The van der Waals surface area contributed by atoms with Crippen LogP contribution in [0.3, 0.4) is 0 Å². The molecule has 0 amide bonds. The number of carbonyl (C=O) groups excluding carboxylic acids is 1. The molecule has 0 saturated heterocycles. The molecule has 0 aliphatic heterocycles. The number of carboxylic acid groups (broad SMARTS) is 1. The first kappa shape index (κ1) is 14.7. The lowest BCUT2D eigenvalue weighted by molar-refractivity contribution is -0.925. The number of quaternary nitrogens is 1. The van der Waals surface area contributed by atoms with Crippen molar-refractivity contribution in [3.05, 3.63) is 52.0 Å². The average Bonchev–Trinajstić information content (AvgIpc) is 2.85. The van der Waals surface area contributed by atoms with E-state index >= 15 is 0 Å². The molecule has 0 bridgehead atoms. The molecule has 1 aromatic heterocycles. The molecule has 5 heteroatoms. The number of nitrogens with one attached hydrogen (secondary N) is 1. The summed E-state index contributed by atoms with van der Waals surface area (Å²) in [6.45, 7) is 4.92. The van der Waals surface area contributed by atoms with Crippen molar-refractivity contribution in [1.29, 1.82) is 0 Å². The smallest absolute Gasteiger partial charge is 0.147 e. The molecule has 0 aliphatic carbocycles. The molecule has 1 heterocycles. The number of carboxylic acids is 1. The van der Waals surface area contributed by atoms with Gasteiger partial charge >= 0.3 is 0 Å². The lowest BCUT2D eigenvalue weighted by atomic mass is 10.2. The van der Waals surface area contributed by atoms with Crippen LogP contribution in [0.25, 0.3) is 0 Å². The molecule has 0 radical (unpaired) electrons. The van der Waals surface area contributed by atoms with E-state index in [1.807, 2.05) is 18.2 Å². The Hall–Kier alpha value is -1.72. The van der Waals surface area contributed by atoms with Crippen LogP contribution in [0.4, 0.5) is 0 Å². The lowest BCUT2D eigenvalue weighted by Crippen LogP contribution is -3.09. The quantitative estimate of drug-likeness (QED) is 0.783. The molecule has 2 aromatic rings. The van der Waals surface area contributed by atoms with Crippen molar-refractivity contribution in [3.63, 3.8) is 0 Å². The van der Waals surface area contributed by atoms with Crippen LogP contribution in [0.5, 0.6) is 0 Å². The minimum Gasteiger partial charge on any atom is -0.550 e. The standard InChI is InChI=1S/C15H18N2O2S/c1-2-17(9-12-6-4-3-5-7-12)10-14-16-13(11-20-14)8-15(18)19/h3-7,11H,2,8-10H2,1H3,(H,18,19). The Kier molecular flexibility index (Phi) is 5.26. The molecular formula is C15H18N2O2S. The molecule has 1 unspecified atom stereocenters. The third-order valence-corrected chi connectivity index (χ3v) is 4.02. The predicted octanol–water partition coefficient (Wildman–Crippen LogP) is 0.0405. The number of hydrogen-bond acceptors (Lipinski definition) is 4. The third kappa shape index (κ3) is 4.43. The summed E-state index contributed by atoms with van der Waals surface area (Å²) in [4.78, 5) is 16.3. The van der Waals surface area contributed by atoms with E-state index in [1.165, 1.54) is 21.8 Å². The van der Waals surface area contributed by atoms with E-state index in [0.717, 1.165) is 24.6 Å². The van der Waals surface area contributed by atoms with Crippen LogP contribution in [0.1, 0.15) is 23.2 Å². The maximum atomic E-state index is 10.5. The number of thiazole rings is 1. The first-order valence-electron chi connectivity index (χ1n) is 6.68. The average molecular weight is 290 g/mol. The summed E-state index contributed by atoms with van der Waals surface area (Å²) in [5.41, 5.74) is 1.90. The van der Waals surface area contributed by atoms with Crippen LogP contribution in [-0.2, 0) is 24.3 Å². The van der Waals surface area contributed by atoms with Crippen LogP contribution in [-0.4, -0.2) is 17.5 Å². The van der Waals surface area contributed by atoms with Crippen molar-refractivity contribution in [3.8, 4) is 0 Å². The summed E-state index contributed by atoms with van der Waals surface area (Å²) >= 11 is 1.52. The Morgan fingerprint density at radius 1 is 1.30 bits per heavy atom. The summed E-state index contributed by atoms with van der Waals surface area (Å²) in [6, 6.07) is 10.4. The zero-order chi connectivity index (χ0) is 14.4. The van der Waals surface area contributed by atoms with E-state index in [1.54, 1.807) is 5.38 Å². The van der Waals surface area contributed by atoms with Gasteiger partial charge in [0.15, 0.2) is 0 Å². The highest BCUT2D eigenvalue weighted by atomic mass is 32.1. The summed E-state index contributed by atoms with van der Waals surface area (Å²) in [6.07, 6.45) is -0.101. The summed E-state index contributed by atoms with van der Waals surface area (Å²) in [7, 11) is 0. The maximum Gasteiger partial charge on any atom is 0.147 e. The normalized spacial score (nSPS) is 12.2. The molecule has 0 aliphatic rings. The van der Waals surface area contributed by atoms with Gasteiger partial charge in [-0.2, -0.15) is 0 Å². The number of nitrogens with zero attached hydrogens (tertiary/aromatic N) is 1. The van der Waals surface area contributed by atoms with Gasteiger partial charge in [0.2, 0.25) is 0 Å². The lowest BCUT2D eigenvalue weighted by Gasteiger charge is -2.16. The maximum absolute atomic E-state index is 10.5. The highest BCUT2D eigenvalue weighted by Gasteiger charge is 2.11. The molecule has 1 N–H and O–H groups in total. The Labute approximate surface area is 122 Å². The minimum absolute atomic E-state index is 0.101. The molecule has 1 atom stereocenters. The number of hydrogen-bond donors (Lipinski definition) is 1. The summed E-state index contributed by atoms with van der Waals surface area (Å²) in [5, 5.41) is 13.3. The number of aromatic nitrogens is 1. The summed E-state index contributed by atoms with van der Waals surface area (Å²) in [5.74, 6) is -1.08. The number of carbonyl (C=O) groups is 1. The van der Waals surface area contributed by atoms with Crippen molar-refractivity contribution in [2.45, 2.75) is 26.4 Å². The first-order chi connectivity index (χ1) is 9.67. The fourth-order valence-electron chi connectivity index (χ4n) is 2.07. The van der Waals surface area contributed by atoms with Crippen LogP contribution < -0.4 is 10.0 Å². The van der Waals surface area contributed by atoms with Gasteiger partial charge in [-0.15, -0.1) is 11.3 Å². The van der Waals surface area contributed by atoms with Crippen LogP contribution >= 0.6 is 11.3 Å². The Morgan fingerprint density at radius 3 is 2.70 bits per heavy atom. The van der Waals surface area contributed by atoms with Crippen molar-refractivity contribution < 1.29 is 14.8 Å². The van der Waals surface area contributed by atoms with Gasteiger partial charge in [0, 0.05) is 23.3 Å². The molecule has 106 valence electrons. The minimum atomic E-state index is -1.08. The van der Waals surface area contributed by atoms with Crippen molar-refractivity contribution >= 4 is 17.3 Å². The number of rotatable bonds is 7. The van der Waals surface area contributed by atoms with Crippen molar-refractivity contribution in [2.24, 2.45) is 0 Å². The van der Waals surface area contributed by atoms with Crippen LogP contribution in [0.2, 0.25) is 0 Å². The highest BCUT2D eigenvalue weighted by molar-refractivity contribution is 7.09. The molecular weight excluding hydrogens is 272 g/mol.